The maximum atomic E-state index is 2.84. The van der Waals surface area contributed by atoms with Crippen molar-refractivity contribution < 1.29 is 0 Å². The van der Waals surface area contributed by atoms with E-state index in [9.17, 15) is 0 Å². The molecule has 0 aromatic heterocycles. The molecular weight excluding hydrogens is 351 g/mol. The molecule has 0 N–H and O–H groups in total. The number of rotatable bonds is 13. The highest BCUT2D eigenvalue weighted by molar-refractivity contribution is 14.2. The van der Waals surface area contributed by atoms with Gasteiger partial charge < -0.3 is 0 Å². The molecule has 0 aliphatic rings. The van der Waals surface area contributed by atoms with Crippen LogP contribution in [0, 0.1) is 0 Å². The zero-order valence-electron chi connectivity index (χ0n) is 13.0. The van der Waals surface area contributed by atoms with Gasteiger partial charge in [-0.1, -0.05) is 65.7 Å². The minimum absolute atomic E-state index is 0.271. The highest BCUT2D eigenvalue weighted by Gasteiger charge is 2.17. The summed E-state index contributed by atoms with van der Waals surface area (Å²) >= 11 is 2.84. The van der Waals surface area contributed by atoms with Crippen LogP contribution in [0.1, 0.15) is 85.0 Å². The summed E-state index contributed by atoms with van der Waals surface area (Å²) in [6, 6.07) is 0. The molecule has 0 rings (SSSR count). The van der Waals surface area contributed by atoms with Crippen LogP contribution in [0.15, 0.2) is 0 Å². The molecule has 0 aromatic carbocycles. The summed E-state index contributed by atoms with van der Waals surface area (Å²) in [5.41, 5.74) is 0. The smallest absolute Gasteiger partial charge is 0.0144 e. The van der Waals surface area contributed by atoms with Crippen molar-refractivity contribution in [2.45, 2.75) is 85.0 Å². The lowest BCUT2D eigenvalue weighted by atomic mass is 10.1. The van der Waals surface area contributed by atoms with E-state index >= 15 is 0 Å². The molecule has 0 saturated heterocycles. The first-order valence-corrected chi connectivity index (χ1v) is 12.8. The molecule has 0 bridgehead atoms. The van der Waals surface area contributed by atoms with Crippen molar-refractivity contribution in [3.63, 3.8) is 0 Å². The van der Waals surface area contributed by atoms with Gasteiger partial charge in [0.1, 0.15) is 0 Å². The predicted octanol–water partition coefficient (Wildman–Crippen LogP) is 7.10. The van der Waals surface area contributed by atoms with Gasteiger partial charge >= 0.3 is 0 Å². The van der Waals surface area contributed by atoms with Gasteiger partial charge in [0.2, 0.25) is 0 Å². The number of unbranched alkanes of at least 4 members (excludes halogenated alkanes) is 7. The second kappa shape index (κ2) is 13.1. The average Bonchev–Trinajstić information content (AvgIpc) is 2.33. The molecule has 0 aromatic rings. The first-order chi connectivity index (χ1) is 8.68. The van der Waals surface area contributed by atoms with Crippen LogP contribution in [-0.2, 0) is 0 Å². The highest BCUT2D eigenvalue weighted by Crippen LogP contribution is 2.57. The molecule has 0 heterocycles. The number of halogens is 1. The zero-order valence-corrected chi connectivity index (χ0v) is 16.0. The first-order valence-electron chi connectivity index (χ1n) is 8.14. The van der Waals surface area contributed by atoms with E-state index in [1.807, 2.05) is 0 Å². The summed E-state index contributed by atoms with van der Waals surface area (Å²) in [6.45, 7) is 7.00. The van der Waals surface area contributed by atoms with Gasteiger partial charge in [-0.3, -0.25) is 0 Å². The normalized spacial score (nSPS) is 12.9. The Morgan fingerprint density at radius 3 is 1.44 bits per heavy atom. The molecule has 0 amide bonds. The molecule has 0 fully saturated rings. The van der Waals surface area contributed by atoms with Crippen LogP contribution < -0.4 is 0 Å². The molecular formula is C16H35IS. The Kier molecular flexibility index (Phi) is 13.9. The Morgan fingerprint density at radius 1 is 0.556 bits per heavy atom. The standard InChI is InChI=1S/C16H35IS/c1-4-7-8-9-10-11-12-13-16-18(17,14-5-2)15-6-3/h4-16H2,1-3H3. The molecule has 0 aliphatic heterocycles. The van der Waals surface area contributed by atoms with Crippen LogP contribution in [0.5, 0.6) is 0 Å². The average molecular weight is 386 g/mol. The van der Waals surface area contributed by atoms with E-state index in [1.54, 1.807) is 0 Å². The third-order valence-corrected chi connectivity index (χ3v) is 10.8. The lowest BCUT2D eigenvalue weighted by molar-refractivity contribution is 0.586. The molecule has 0 atom stereocenters. The van der Waals surface area contributed by atoms with Crippen molar-refractivity contribution in [3.05, 3.63) is 0 Å². The number of hydrogen-bond donors (Lipinski definition) is 0. The van der Waals surface area contributed by atoms with Crippen LogP contribution >= 0.6 is 28.4 Å². The fourth-order valence-electron chi connectivity index (χ4n) is 2.53. The van der Waals surface area contributed by atoms with Crippen LogP contribution in [0.2, 0.25) is 0 Å². The lowest BCUT2D eigenvalue weighted by Crippen LogP contribution is -2.06. The van der Waals surface area contributed by atoms with Crippen LogP contribution in [0.4, 0.5) is 0 Å². The van der Waals surface area contributed by atoms with Crippen molar-refractivity contribution >= 4 is 28.4 Å². The van der Waals surface area contributed by atoms with Crippen molar-refractivity contribution in [2.24, 2.45) is 0 Å². The SMILES string of the molecule is CCCCCCCCCCS(I)(CCC)CCC. The van der Waals surface area contributed by atoms with E-state index in [4.69, 9.17) is 0 Å². The summed E-state index contributed by atoms with van der Waals surface area (Å²) in [7, 11) is -0.271. The molecule has 0 saturated carbocycles. The second-order valence-corrected chi connectivity index (χ2v) is 14.2. The van der Waals surface area contributed by atoms with E-state index in [0.717, 1.165) is 0 Å². The monoisotopic (exact) mass is 386 g/mol. The molecule has 0 unspecified atom stereocenters. The van der Waals surface area contributed by atoms with Crippen LogP contribution in [0.25, 0.3) is 0 Å². The Labute approximate surface area is 130 Å². The van der Waals surface area contributed by atoms with Crippen molar-refractivity contribution in [1.82, 2.24) is 0 Å². The Balaban J connectivity index is 3.49. The highest BCUT2D eigenvalue weighted by atomic mass is 127. The molecule has 0 nitrogen and oxygen atoms in total. The van der Waals surface area contributed by atoms with E-state index in [-0.39, 0.29) is 7.20 Å². The Bertz CT molecular complexity index is 164. The molecule has 18 heavy (non-hydrogen) atoms. The van der Waals surface area contributed by atoms with Crippen molar-refractivity contribution in [1.29, 1.82) is 0 Å². The van der Waals surface area contributed by atoms with Crippen LogP contribution in [0.3, 0.4) is 0 Å². The first kappa shape index (κ1) is 19.1. The summed E-state index contributed by atoms with van der Waals surface area (Å²) in [5, 5.41) is 0. The van der Waals surface area contributed by atoms with Gasteiger partial charge in [0.05, 0.1) is 0 Å². The summed E-state index contributed by atoms with van der Waals surface area (Å²) in [4.78, 5) is 0. The van der Waals surface area contributed by atoms with E-state index < -0.39 is 0 Å². The number of hydrogen-bond acceptors (Lipinski definition) is 0. The van der Waals surface area contributed by atoms with Crippen molar-refractivity contribution in [3.8, 4) is 0 Å². The second-order valence-electron chi connectivity index (χ2n) is 5.53. The van der Waals surface area contributed by atoms with E-state index in [0.29, 0.717) is 0 Å². The van der Waals surface area contributed by atoms with E-state index in [2.05, 4.69) is 42.0 Å². The third kappa shape index (κ3) is 11.0. The maximum Gasteiger partial charge on any atom is -0.0144 e. The quantitative estimate of drug-likeness (QED) is 0.234. The minimum atomic E-state index is -0.271. The van der Waals surface area contributed by atoms with E-state index in [1.165, 1.54) is 81.5 Å². The van der Waals surface area contributed by atoms with Gasteiger partial charge in [0.15, 0.2) is 0 Å². The third-order valence-electron chi connectivity index (χ3n) is 3.50. The van der Waals surface area contributed by atoms with Crippen molar-refractivity contribution in [2.75, 3.05) is 17.3 Å². The van der Waals surface area contributed by atoms with Gasteiger partial charge in [-0.25, -0.2) is 0 Å². The molecule has 0 radical (unpaired) electrons. The summed E-state index contributed by atoms with van der Waals surface area (Å²) in [6.07, 6.45) is 14.4. The topological polar surface area (TPSA) is 0 Å². The zero-order chi connectivity index (χ0) is 13.7. The fraction of sp³-hybridized carbons (Fsp3) is 1.00. The van der Waals surface area contributed by atoms with Crippen LogP contribution in [-0.4, -0.2) is 17.3 Å². The van der Waals surface area contributed by atoms with Gasteiger partial charge in [-0.05, 0) is 57.7 Å². The van der Waals surface area contributed by atoms with Gasteiger partial charge in [-0.15, -0.1) is 0 Å². The summed E-state index contributed by atoms with van der Waals surface area (Å²) < 4.78 is 0. The van der Waals surface area contributed by atoms with Gasteiger partial charge in [0, 0.05) is 0 Å². The molecule has 0 aliphatic carbocycles. The Hall–Kier alpha value is 1.08. The lowest BCUT2D eigenvalue weighted by Gasteiger charge is -2.33. The molecule has 0 spiro atoms. The Morgan fingerprint density at radius 2 is 1.00 bits per heavy atom. The molecule has 112 valence electrons. The minimum Gasteiger partial charge on any atom is -0.187 e. The maximum absolute atomic E-state index is 2.84. The fourth-order valence-corrected chi connectivity index (χ4v) is 8.91. The van der Waals surface area contributed by atoms with Gasteiger partial charge in [0.25, 0.3) is 0 Å². The van der Waals surface area contributed by atoms with Gasteiger partial charge in [-0.2, -0.15) is 7.20 Å². The summed E-state index contributed by atoms with van der Waals surface area (Å²) in [5.74, 6) is 4.53. The molecule has 2 heteroatoms. The predicted molar refractivity (Wildman–Crippen MR) is 99.4 cm³/mol. The largest absolute Gasteiger partial charge is 0.187 e.